The molecule has 2 atom stereocenters. The van der Waals surface area contributed by atoms with Crippen LogP contribution in [-0.4, -0.2) is 35.0 Å². The van der Waals surface area contributed by atoms with E-state index in [2.05, 4.69) is 10.6 Å². The molecule has 3 N–H and O–H groups in total. The molecular weight excluding hydrogens is 348 g/mol. The Bertz CT molecular complexity index is 855. The average Bonchev–Trinajstić information content (AvgIpc) is 3.05. The number of nitrogens with one attached hydrogen (secondary N) is 2. The molecule has 0 aromatic heterocycles. The van der Waals surface area contributed by atoms with Gasteiger partial charge in [-0.2, -0.15) is 0 Å². The molecule has 2 amide bonds. The summed E-state index contributed by atoms with van der Waals surface area (Å²) in [6.45, 7) is 1.62. The molecule has 0 bridgehead atoms. The van der Waals surface area contributed by atoms with Gasteiger partial charge in [0.15, 0.2) is 6.10 Å². The highest BCUT2D eigenvalue weighted by Gasteiger charge is 2.28. The van der Waals surface area contributed by atoms with Crippen LogP contribution >= 0.6 is 0 Å². The largest absolute Gasteiger partial charge is 0.481 e. The maximum atomic E-state index is 12.5. The van der Waals surface area contributed by atoms with Crippen molar-refractivity contribution in [1.82, 2.24) is 5.32 Å². The Kier molecular flexibility index (Phi) is 5.40. The van der Waals surface area contributed by atoms with E-state index in [1.165, 1.54) is 0 Å². The van der Waals surface area contributed by atoms with E-state index in [0.29, 0.717) is 23.4 Å². The van der Waals surface area contributed by atoms with Gasteiger partial charge >= 0.3 is 5.97 Å². The Labute approximate surface area is 156 Å². The lowest BCUT2D eigenvalue weighted by molar-refractivity contribution is -0.137. The van der Waals surface area contributed by atoms with E-state index in [0.717, 1.165) is 5.56 Å². The third-order valence-corrected chi connectivity index (χ3v) is 4.19. The molecule has 0 saturated heterocycles. The van der Waals surface area contributed by atoms with Crippen LogP contribution in [0.4, 0.5) is 5.69 Å². The topological polar surface area (TPSA) is 105 Å². The van der Waals surface area contributed by atoms with E-state index < -0.39 is 24.0 Å². The van der Waals surface area contributed by atoms with Gasteiger partial charge in [-0.3, -0.25) is 14.4 Å². The number of carbonyl (C=O) groups excluding carboxylic acids is 2. The highest BCUT2D eigenvalue weighted by Crippen LogP contribution is 2.28. The number of rotatable bonds is 6. The van der Waals surface area contributed by atoms with Crippen molar-refractivity contribution in [2.75, 3.05) is 5.32 Å². The highest BCUT2D eigenvalue weighted by atomic mass is 16.5. The van der Waals surface area contributed by atoms with Crippen molar-refractivity contribution in [2.24, 2.45) is 0 Å². The Morgan fingerprint density at radius 2 is 1.96 bits per heavy atom. The molecule has 7 heteroatoms. The molecule has 1 aliphatic rings. The standard InChI is InChI=1S/C20H20N2O5/c1-12(9-18(23)24)21-19(25)14-6-4-7-15(10-14)22-20(26)17-11-13-5-2-3-8-16(13)27-17/h2-8,10,12,17H,9,11H2,1H3,(H,21,25)(H,22,26)(H,23,24). The fourth-order valence-electron chi connectivity index (χ4n) is 2.91. The molecule has 140 valence electrons. The zero-order chi connectivity index (χ0) is 19.4. The number of para-hydroxylation sites is 1. The molecule has 2 aromatic carbocycles. The number of carbonyl (C=O) groups is 3. The summed E-state index contributed by atoms with van der Waals surface area (Å²) in [5.74, 6) is -0.966. The number of anilines is 1. The molecule has 0 aliphatic carbocycles. The van der Waals surface area contributed by atoms with Crippen molar-refractivity contribution in [3.63, 3.8) is 0 Å². The molecule has 27 heavy (non-hydrogen) atoms. The van der Waals surface area contributed by atoms with E-state index in [1.54, 1.807) is 31.2 Å². The number of amides is 2. The Morgan fingerprint density at radius 3 is 2.70 bits per heavy atom. The minimum absolute atomic E-state index is 0.165. The third kappa shape index (κ3) is 4.63. The molecule has 0 saturated carbocycles. The monoisotopic (exact) mass is 368 g/mol. The highest BCUT2D eigenvalue weighted by molar-refractivity contribution is 5.98. The van der Waals surface area contributed by atoms with Crippen LogP contribution in [0.3, 0.4) is 0 Å². The van der Waals surface area contributed by atoms with Crippen molar-refractivity contribution in [2.45, 2.75) is 31.9 Å². The SMILES string of the molecule is CC(CC(=O)O)NC(=O)c1cccc(NC(=O)C2Cc3ccccc3O2)c1. The van der Waals surface area contributed by atoms with Gasteiger partial charge in [-0.05, 0) is 36.8 Å². The summed E-state index contributed by atoms with van der Waals surface area (Å²) >= 11 is 0. The molecule has 1 aliphatic heterocycles. The molecule has 2 aromatic rings. The fourth-order valence-corrected chi connectivity index (χ4v) is 2.91. The average molecular weight is 368 g/mol. The summed E-state index contributed by atoms with van der Waals surface area (Å²) in [5, 5.41) is 14.1. The van der Waals surface area contributed by atoms with Gasteiger partial charge in [0.2, 0.25) is 0 Å². The number of carboxylic acid groups (broad SMARTS) is 1. The van der Waals surface area contributed by atoms with Crippen molar-refractivity contribution < 1.29 is 24.2 Å². The second kappa shape index (κ2) is 7.90. The molecule has 2 unspecified atom stereocenters. The number of hydrogen-bond acceptors (Lipinski definition) is 4. The number of hydrogen-bond donors (Lipinski definition) is 3. The first kappa shape index (κ1) is 18.4. The summed E-state index contributed by atoms with van der Waals surface area (Å²) in [4.78, 5) is 35.4. The molecule has 3 rings (SSSR count). The van der Waals surface area contributed by atoms with Gasteiger partial charge in [0, 0.05) is 23.7 Å². The Morgan fingerprint density at radius 1 is 1.19 bits per heavy atom. The number of carboxylic acids is 1. The van der Waals surface area contributed by atoms with Gasteiger partial charge in [-0.25, -0.2) is 0 Å². The number of benzene rings is 2. The summed E-state index contributed by atoms with van der Waals surface area (Å²) < 4.78 is 5.66. The first-order valence-electron chi connectivity index (χ1n) is 8.60. The Balaban J connectivity index is 1.61. The lowest BCUT2D eigenvalue weighted by Gasteiger charge is -2.14. The molecular formula is C20H20N2O5. The van der Waals surface area contributed by atoms with Gasteiger partial charge in [-0.1, -0.05) is 24.3 Å². The second-order valence-electron chi connectivity index (χ2n) is 6.46. The summed E-state index contributed by atoms with van der Waals surface area (Å²) in [5.41, 5.74) is 1.79. The van der Waals surface area contributed by atoms with E-state index in [9.17, 15) is 14.4 Å². The smallest absolute Gasteiger partial charge is 0.305 e. The summed E-state index contributed by atoms with van der Waals surface area (Å²) in [6.07, 6.45) is -0.285. The second-order valence-corrected chi connectivity index (χ2v) is 6.46. The summed E-state index contributed by atoms with van der Waals surface area (Å²) in [6, 6.07) is 13.5. The van der Waals surface area contributed by atoms with Gasteiger partial charge < -0.3 is 20.5 Å². The number of aliphatic carboxylic acids is 1. The maximum Gasteiger partial charge on any atom is 0.305 e. The van der Waals surface area contributed by atoms with Crippen LogP contribution < -0.4 is 15.4 Å². The van der Waals surface area contributed by atoms with Gasteiger partial charge in [0.05, 0.1) is 6.42 Å². The van der Waals surface area contributed by atoms with Gasteiger partial charge in [-0.15, -0.1) is 0 Å². The van der Waals surface area contributed by atoms with Crippen LogP contribution in [0.5, 0.6) is 5.75 Å². The van der Waals surface area contributed by atoms with Gasteiger partial charge in [0.1, 0.15) is 5.75 Å². The predicted molar refractivity (Wildman–Crippen MR) is 98.8 cm³/mol. The van der Waals surface area contributed by atoms with Gasteiger partial charge in [0.25, 0.3) is 11.8 Å². The lowest BCUT2D eigenvalue weighted by atomic mass is 10.1. The molecule has 1 heterocycles. The molecule has 0 radical (unpaired) electrons. The first-order chi connectivity index (χ1) is 12.9. The Hall–Kier alpha value is -3.35. The van der Waals surface area contributed by atoms with E-state index in [4.69, 9.17) is 9.84 Å². The van der Waals surface area contributed by atoms with Crippen LogP contribution in [0.1, 0.15) is 29.3 Å². The van der Waals surface area contributed by atoms with Crippen LogP contribution in [0, 0.1) is 0 Å². The van der Waals surface area contributed by atoms with Crippen LogP contribution in [0.15, 0.2) is 48.5 Å². The third-order valence-electron chi connectivity index (χ3n) is 4.19. The minimum atomic E-state index is -0.985. The van der Waals surface area contributed by atoms with E-state index >= 15 is 0 Å². The quantitative estimate of drug-likeness (QED) is 0.725. The zero-order valence-electron chi connectivity index (χ0n) is 14.8. The van der Waals surface area contributed by atoms with E-state index in [-0.39, 0.29) is 12.3 Å². The zero-order valence-corrected chi connectivity index (χ0v) is 14.8. The molecule has 7 nitrogen and oxygen atoms in total. The van der Waals surface area contributed by atoms with Crippen molar-refractivity contribution >= 4 is 23.5 Å². The molecule has 0 spiro atoms. The summed E-state index contributed by atoms with van der Waals surface area (Å²) in [7, 11) is 0. The van der Waals surface area contributed by atoms with Crippen molar-refractivity contribution in [1.29, 1.82) is 0 Å². The molecule has 0 fully saturated rings. The predicted octanol–water partition coefficient (Wildman–Crippen LogP) is 2.22. The van der Waals surface area contributed by atoms with Crippen LogP contribution in [0.25, 0.3) is 0 Å². The first-order valence-corrected chi connectivity index (χ1v) is 8.60. The number of ether oxygens (including phenoxy) is 1. The maximum absolute atomic E-state index is 12.5. The van der Waals surface area contributed by atoms with Crippen LogP contribution in [-0.2, 0) is 16.0 Å². The van der Waals surface area contributed by atoms with Crippen LogP contribution in [0.2, 0.25) is 0 Å². The normalized spacial score (nSPS) is 16.0. The minimum Gasteiger partial charge on any atom is -0.481 e. The van der Waals surface area contributed by atoms with E-state index in [1.807, 2.05) is 24.3 Å². The van der Waals surface area contributed by atoms with Crippen molar-refractivity contribution in [3.8, 4) is 5.75 Å². The van der Waals surface area contributed by atoms with Crippen molar-refractivity contribution in [3.05, 3.63) is 59.7 Å². The number of fused-ring (bicyclic) bond motifs is 1. The fraction of sp³-hybridized carbons (Fsp3) is 0.250. The lowest BCUT2D eigenvalue weighted by Crippen LogP contribution is -2.34.